The number of hydrogen-bond donors (Lipinski definition) is 0. The molecular formula is C14H11ClFN3. The molecule has 0 spiro atoms. The molecule has 2 aromatic heterocycles. The molecule has 3 nitrogen and oxygen atoms in total. The Morgan fingerprint density at radius 1 is 1.16 bits per heavy atom. The van der Waals surface area contributed by atoms with Crippen LogP contribution in [0.1, 0.15) is 11.3 Å². The summed E-state index contributed by atoms with van der Waals surface area (Å²) in [6, 6.07) is 9.70. The quantitative estimate of drug-likeness (QED) is 0.632. The lowest BCUT2D eigenvalue weighted by Gasteiger charge is -2.01. The Bertz CT molecular complexity index is 765. The zero-order valence-electron chi connectivity index (χ0n) is 10.5. The average molecular weight is 276 g/mol. The second-order valence-corrected chi connectivity index (χ2v) is 4.74. The van der Waals surface area contributed by atoms with Crippen molar-refractivity contribution in [2.45, 2.75) is 13.8 Å². The number of fused-ring (bicyclic) bond motifs is 1. The van der Waals surface area contributed by atoms with Crippen molar-refractivity contribution >= 4 is 17.2 Å². The van der Waals surface area contributed by atoms with Crippen molar-refractivity contribution in [1.29, 1.82) is 0 Å². The largest absolute Gasteiger partial charge is 0.230 e. The first kappa shape index (κ1) is 12.1. The van der Waals surface area contributed by atoms with Gasteiger partial charge >= 0.3 is 0 Å². The standard InChI is InChI=1S/C14H11ClFN3/c1-8-12(10-6-4-3-5-7-10)18-19-13(15)11(16)9(2)17-14(8)19/h3-7H,1-2H3. The van der Waals surface area contributed by atoms with Gasteiger partial charge in [-0.3, -0.25) is 0 Å². The molecule has 0 unspecified atom stereocenters. The molecule has 0 saturated heterocycles. The minimum atomic E-state index is -0.531. The van der Waals surface area contributed by atoms with E-state index in [1.54, 1.807) is 6.92 Å². The first-order chi connectivity index (χ1) is 9.09. The van der Waals surface area contributed by atoms with Gasteiger partial charge in [0.2, 0.25) is 0 Å². The van der Waals surface area contributed by atoms with Crippen LogP contribution >= 0.6 is 11.6 Å². The highest BCUT2D eigenvalue weighted by molar-refractivity contribution is 6.29. The smallest absolute Gasteiger partial charge is 0.181 e. The molecular weight excluding hydrogens is 265 g/mol. The lowest BCUT2D eigenvalue weighted by Crippen LogP contribution is -1.99. The Labute approximate surface area is 114 Å². The zero-order valence-corrected chi connectivity index (χ0v) is 11.2. The van der Waals surface area contributed by atoms with Gasteiger partial charge < -0.3 is 0 Å². The van der Waals surface area contributed by atoms with Gasteiger partial charge in [-0.1, -0.05) is 41.9 Å². The van der Waals surface area contributed by atoms with Crippen molar-refractivity contribution < 1.29 is 4.39 Å². The van der Waals surface area contributed by atoms with Crippen LogP contribution in [-0.4, -0.2) is 14.6 Å². The van der Waals surface area contributed by atoms with Gasteiger partial charge in [-0.2, -0.15) is 9.61 Å². The number of aromatic nitrogens is 3. The van der Waals surface area contributed by atoms with Crippen molar-refractivity contribution in [1.82, 2.24) is 14.6 Å². The van der Waals surface area contributed by atoms with E-state index in [0.717, 1.165) is 16.8 Å². The minimum Gasteiger partial charge on any atom is -0.230 e. The van der Waals surface area contributed by atoms with Crippen LogP contribution in [0.3, 0.4) is 0 Å². The number of nitrogens with zero attached hydrogens (tertiary/aromatic N) is 3. The van der Waals surface area contributed by atoms with Gasteiger partial charge in [0, 0.05) is 11.1 Å². The van der Waals surface area contributed by atoms with Crippen LogP contribution in [0.15, 0.2) is 30.3 Å². The van der Waals surface area contributed by atoms with Gasteiger partial charge in [-0.15, -0.1) is 0 Å². The monoisotopic (exact) mass is 275 g/mol. The molecule has 0 amide bonds. The van der Waals surface area contributed by atoms with Crippen LogP contribution in [0.2, 0.25) is 5.15 Å². The number of hydrogen-bond acceptors (Lipinski definition) is 2. The molecule has 3 rings (SSSR count). The van der Waals surface area contributed by atoms with E-state index in [4.69, 9.17) is 11.6 Å². The molecule has 0 aliphatic heterocycles. The maximum absolute atomic E-state index is 13.7. The Hall–Kier alpha value is -1.94. The lowest BCUT2D eigenvalue weighted by molar-refractivity contribution is 0.596. The van der Waals surface area contributed by atoms with Gasteiger partial charge in [-0.25, -0.2) is 9.37 Å². The first-order valence-corrected chi connectivity index (χ1v) is 6.23. The summed E-state index contributed by atoms with van der Waals surface area (Å²) in [5.41, 5.74) is 3.47. The maximum Gasteiger partial charge on any atom is 0.181 e. The summed E-state index contributed by atoms with van der Waals surface area (Å²) >= 11 is 5.99. The van der Waals surface area contributed by atoms with E-state index in [1.807, 2.05) is 37.3 Å². The van der Waals surface area contributed by atoms with Crippen molar-refractivity contribution in [3.8, 4) is 11.3 Å². The van der Waals surface area contributed by atoms with Crippen LogP contribution in [0.5, 0.6) is 0 Å². The van der Waals surface area contributed by atoms with E-state index in [9.17, 15) is 4.39 Å². The second-order valence-electron chi connectivity index (χ2n) is 4.38. The summed E-state index contributed by atoms with van der Waals surface area (Å²) in [6.45, 7) is 3.50. The molecule has 0 atom stereocenters. The third-order valence-electron chi connectivity index (χ3n) is 3.10. The molecule has 2 heterocycles. The van der Waals surface area contributed by atoms with Crippen molar-refractivity contribution in [3.05, 3.63) is 52.6 Å². The van der Waals surface area contributed by atoms with Gasteiger partial charge in [-0.05, 0) is 13.8 Å². The van der Waals surface area contributed by atoms with Crippen LogP contribution in [0.25, 0.3) is 16.9 Å². The molecule has 0 radical (unpaired) electrons. The number of rotatable bonds is 1. The zero-order chi connectivity index (χ0) is 13.6. The minimum absolute atomic E-state index is 0.0345. The summed E-state index contributed by atoms with van der Waals surface area (Å²) in [6.07, 6.45) is 0. The number of benzene rings is 1. The normalized spacial score (nSPS) is 11.2. The predicted octanol–water partition coefficient (Wildman–Crippen LogP) is 3.81. The third kappa shape index (κ3) is 1.79. The molecule has 0 fully saturated rings. The molecule has 0 bridgehead atoms. The van der Waals surface area contributed by atoms with E-state index < -0.39 is 5.82 Å². The van der Waals surface area contributed by atoms with Crippen LogP contribution in [0.4, 0.5) is 4.39 Å². The average Bonchev–Trinajstić information content (AvgIpc) is 2.75. The third-order valence-corrected chi connectivity index (χ3v) is 3.42. The molecule has 3 aromatic rings. The Balaban J connectivity index is 2.36. The molecule has 5 heteroatoms. The lowest BCUT2D eigenvalue weighted by atomic mass is 10.1. The van der Waals surface area contributed by atoms with Gasteiger partial charge in [0.05, 0.1) is 11.4 Å². The van der Waals surface area contributed by atoms with Crippen LogP contribution in [-0.2, 0) is 0 Å². The van der Waals surface area contributed by atoms with E-state index in [2.05, 4.69) is 10.1 Å². The topological polar surface area (TPSA) is 30.2 Å². The Kier molecular flexibility index (Phi) is 2.75. The summed E-state index contributed by atoms with van der Waals surface area (Å²) in [7, 11) is 0. The summed E-state index contributed by atoms with van der Waals surface area (Å²) in [5.74, 6) is -0.531. The highest BCUT2D eigenvalue weighted by Gasteiger charge is 2.17. The predicted molar refractivity (Wildman–Crippen MR) is 72.9 cm³/mol. The molecule has 19 heavy (non-hydrogen) atoms. The maximum atomic E-state index is 13.7. The van der Waals surface area contributed by atoms with Crippen molar-refractivity contribution in [2.24, 2.45) is 0 Å². The van der Waals surface area contributed by atoms with Gasteiger partial charge in [0.1, 0.15) is 0 Å². The molecule has 0 aliphatic rings. The summed E-state index contributed by atoms with van der Waals surface area (Å²) in [5, 5.41) is 4.33. The Morgan fingerprint density at radius 3 is 2.53 bits per heavy atom. The van der Waals surface area contributed by atoms with E-state index in [0.29, 0.717) is 5.65 Å². The van der Waals surface area contributed by atoms with E-state index in [-0.39, 0.29) is 10.8 Å². The molecule has 0 aliphatic carbocycles. The highest BCUT2D eigenvalue weighted by atomic mass is 35.5. The first-order valence-electron chi connectivity index (χ1n) is 5.86. The van der Waals surface area contributed by atoms with Crippen molar-refractivity contribution in [3.63, 3.8) is 0 Å². The fourth-order valence-corrected chi connectivity index (χ4v) is 2.33. The van der Waals surface area contributed by atoms with Crippen molar-refractivity contribution in [2.75, 3.05) is 0 Å². The number of halogens is 2. The molecule has 0 saturated carbocycles. The summed E-state index contributed by atoms with van der Waals surface area (Å²) in [4.78, 5) is 4.22. The Morgan fingerprint density at radius 2 is 1.84 bits per heavy atom. The van der Waals surface area contributed by atoms with Gasteiger partial charge in [0.15, 0.2) is 16.6 Å². The van der Waals surface area contributed by atoms with E-state index >= 15 is 0 Å². The second kappa shape index (κ2) is 4.31. The number of aryl methyl sites for hydroxylation is 2. The summed E-state index contributed by atoms with van der Waals surface area (Å²) < 4.78 is 15.1. The fraction of sp³-hybridized carbons (Fsp3) is 0.143. The SMILES string of the molecule is Cc1nc2c(C)c(-c3ccccc3)nn2c(Cl)c1F. The van der Waals surface area contributed by atoms with Crippen LogP contribution in [0, 0.1) is 19.7 Å². The molecule has 0 N–H and O–H groups in total. The fourth-order valence-electron chi connectivity index (χ4n) is 2.08. The highest BCUT2D eigenvalue weighted by Crippen LogP contribution is 2.27. The molecule has 96 valence electrons. The van der Waals surface area contributed by atoms with Gasteiger partial charge in [0.25, 0.3) is 0 Å². The van der Waals surface area contributed by atoms with Crippen LogP contribution < -0.4 is 0 Å². The van der Waals surface area contributed by atoms with E-state index in [1.165, 1.54) is 4.52 Å². The molecule has 1 aromatic carbocycles.